The van der Waals surface area contributed by atoms with Gasteiger partial charge in [-0.25, -0.2) is 18.6 Å². The quantitative estimate of drug-likeness (QED) is 0.563. The number of fused-ring (bicyclic) bond motifs is 4. The van der Waals surface area contributed by atoms with Gasteiger partial charge >= 0.3 is 6.03 Å². The highest BCUT2D eigenvalue weighted by molar-refractivity contribution is 7.18. The Kier molecular flexibility index (Phi) is 5.71. The third kappa shape index (κ3) is 4.18. The van der Waals surface area contributed by atoms with E-state index < -0.39 is 12.3 Å². The summed E-state index contributed by atoms with van der Waals surface area (Å²) in [5.74, 6) is 0.550. The lowest BCUT2D eigenvalue weighted by molar-refractivity contribution is 0.0686. The molecule has 0 radical (unpaired) electrons. The summed E-state index contributed by atoms with van der Waals surface area (Å²) in [6.45, 7) is 2.54. The number of anilines is 4. The van der Waals surface area contributed by atoms with Gasteiger partial charge in [-0.15, -0.1) is 10.2 Å². The maximum Gasteiger partial charge on any atom is 0.329 e. The van der Waals surface area contributed by atoms with Crippen molar-refractivity contribution in [2.24, 2.45) is 5.92 Å². The molecule has 6 rings (SSSR count). The maximum absolute atomic E-state index is 13.5. The molecule has 2 bridgehead atoms. The predicted molar refractivity (Wildman–Crippen MR) is 133 cm³/mol. The number of hydrogen-bond acceptors (Lipinski definition) is 7. The number of benzene rings is 1. The Morgan fingerprint density at radius 1 is 1.03 bits per heavy atom. The van der Waals surface area contributed by atoms with Crippen LogP contribution in [0.15, 0.2) is 42.5 Å². The Labute approximate surface area is 205 Å². The molecule has 0 aliphatic carbocycles. The molecular weight excluding hydrogens is 472 g/mol. The highest BCUT2D eigenvalue weighted by Crippen LogP contribution is 2.41. The lowest BCUT2D eigenvalue weighted by Gasteiger charge is -2.37. The fraction of sp³-hybridized carbons (Fsp3) is 0.417. The van der Waals surface area contributed by atoms with Gasteiger partial charge in [-0.1, -0.05) is 41.7 Å². The molecule has 3 aromatic rings. The van der Waals surface area contributed by atoms with E-state index in [0.29, 0.717) is 36.2 Å². The first-order chi connectivity index (χ1) is 17.1. The Bertz CT molecular complexity index is 1220. The van der Waals surface area contributed by atoms with Crippen molar-refractivity contribution in [2.45, 2.75) is 31.7 Å². The summed E-state index contributed by atoms with van der Waals surface area (Å²) in [7, 11) is 0. The minimum Gasteiger partial charge on any atom is -0.366 e. The number of amides is 2. The fourth-order valence-corrected chi connectivity index (χ4v) is 5.92. The van der Waals surface area contributed by atoms with Crippen LogP contribution in [0.1, 0.15) is 19.3 Å². The molecular formula is C24H25F2N7OS. The van der Waals surface area contributed by atoms with Crippen molar-refractivity contribution in [1.29, 1.82) is 0 Å². The van der Waals surface area contributed by atoms with Gasteiger partial charge in [0, 0.05) is 37.7 Å². The van der Waals surface area contributed by atoms with Crippen LogP contribution in [0.2, 0.25) is 0 Å². The number of pyridine rings is 1. The standard InChI is InChI=1S/C24H25F2N7OS/c25-20(26)16-7-4-11-32(13-16)19-9-8-18-21(27-19)33(17-10-12-31(18)14-17)24(34)28-23-30-29-22(35-23)15-5-2-1-3-6-15/h1-3,5-6,8-9,16-17,20H,4,7,10-14H2,(H,28,30,34)/t16?,17-/m0/s1. The Hall–Kier alpha value is -3.34. The first-order valence-corrected chi connectivity index (χ1v) is 12.7. The third-order valence-electron chi connectivity index (χ3n) is 6.95. The van der Waals surface area contributed by atoms with Crippen LogP contribution in [-0.2, 0) is 0 Å². The van der Waals surface area contributed by atoms with E-state index in [0.717, 1.165) is 35.8 Å². The molecule has 2 saturated heterocycles. The van der Waals surface area contributed by atoms with E-state index in [-0.39, 0.29) is 18.6 Å². The van der Waals surface area contributed by atoms with E-state index in [2.05, 4.69) is 20.4 Å². The summed E-state index contributed by atoms with van der Waals surface area (Å²) >= 11 is 1.32. The second kappa shape index (κ2) is 9.03. The van der Waals surface area contributed by atoms with Gasteiger partial charge < -0.3 is 9.80 Å². The molecule has 3 aliphatic heterocycles. The number of urea groups is 1. The highest BCUT2D eigenvalue weighted by atomic mass is 32.1. The Balaban J connectivity index is 1.26. The lowest BCUT2D eigenvalue weighted by atomic mass is 9.98. The predicted octanol–water partition coefficient (Wildman–Crippen LogP) is 4.71. The molecule has 2 aromatic heterocycles. The van der Waals surface area contributed by atoms with Crippen molar-refractivity contribution in [3.05, 3.63) is 42.5 Å². The number of rotatable bonds is 4. The van der Waals surface area contributed by atoms with Gasteiger partial charge in [-0.3, -0.25) is 10.2 Å². The second-order valence-electron chi connectivity index (χ2n) is 9.16. The number of hydrogen-bond donors (Lipinski definition) is 1. The summed E-state index contributed by atoms with van der Waals surface area (Å²) in [6.07, 6.45) is -0.279. The number of halogens is 2. The zero-order valence-electron chi connectivity index (χ0n) is 19.0. The molecule has 2 fully saturated rings. The van der Waals surface area contributed by atoms with Gasteiger partial charge in [0.25, 0.3) is 0 Å². The van der Waals surface area contributed by atoms with Gasteiger partial charge in [0.15, 0.2) is 5.82 Å². The average molecular weight is 498 g/mol. The van der Waals surface area contributed by atoms with Crippen LogP contribution in [0.4, 0.5) is 36.0 Å². The van der Waals surface area contributed by atoms with Gasteiger partial charge in [0.2, 0.25) is 11.6 Å². The van der Waals surface area contributed by atoms with Gasteiger partial charge in [0.1, 0.15) is 10.8 Å². The Morgan fingerprint density at radius 2 is 1.89 bits per heavy atom. The zero-order valence-corrected chi connectivity index (χ0v) is 19.8. The van der Waals surface area contributed by atoms with Crippen molar-refractivity contribution in [3.8, 4) is 10.6 Å². The normalized spacial score (nSPS) is 21.4. The molecule has 1 unspecified atom stereocenters. The third-order valence-corrected chi connectivity index (χ3v) is 7.84. The molecule has 0 saturated carbocycles. The fourth-order valence-electron chi connectivity index (χ4n) is 5.18. The molecule has 35 heavy (non-hydrogen) atoms. The number of carbonyl (C=O) groups excluding carboxylic acids is 1. The number of nitrogens with one attached hydrogen (secondary N) is 1. The summed E-state index contributed by atoms with van der Waals surface area (Å²) in [5, 5.41) is 12.4. The molecule has 0 spiro atoms. The molecule has 3 aliphatic rings. The SMILES string of the molecule is O=C(Nc1nnc(-c2ccccc2)s1)N1c2nc(N3CCCC(C(F)F)C3)ccc2N2CC[C@H]1C2. The molecule has 1 N–H and O–H groups in total. The van der Waals surface area contributed by atoms with E-state index in [9.17, 15) is 13.6 Å². The van der Waals surface area contributed by atoms with Gasteiger partial charge in [-0.05, 0) is 31.4 Å². The summed E-state index contributed by atoms with van der Waals surface area (Å²) in [6, 6.07) is 13.2. The molecule has 8 nitrogen and oxygen atoms in total. The van der Waals surface area contributed by atoms with Gasteiger partial charge in [-0.2, -0.15) is 0 Å². The number of piperidine rings is 1. The second-order valence-corrected chi connectivity index (χ2v) is 10.1. The van der Waals surface area contributed by atoms with Crippen molar-refractivity contribution in [3.63, 3.8) is 0 Å². The number of aromatic nitrogens is 3. The summed E-state index contributed by atoms with van der Waals surface area (Å²) in [4.78, 5) is 24.2. The van der Waals surface area contributed by atoms with Crippen molar-refractivity contribution >= 4 is 39.8 Å². The largest absolute Gasteiger partial charge is 0.366 e. The first-order valence-electron chi connectivity index (χ1n) is 11.8. The smallest absolute Gasteiger partial charge is 0.329 e. The number of nitrogens with zero attached hydrogens (tertiary/aromatic N) is 6. The van der Waals surface area contributed by atoms with E-state index >= 15 is 0 Å². The van der Waals surface area contributed by atoms with Crippen LogP contribution in [0.5, 0.6) is 0 Å². The molecule has 5 heterocycles. The first kappa shape index (κ1) is 22.1. The highest BCUT2D eigenvalue weighted by Gasteiger charge is 2.41. The van der Waals surface area contributed by atoms with Crippen LogP contribution in [-0.4, -0.2) is 59.9 Å². The van der Waals surface area contributed by atoms with E-state index in [4.69, 9.17) is 4.98 Å². The maximum atomic E-state index is 13.5. The Morgan fingerprint density at radius 3 is 2.71 bits per heavy atom. The van der Waals surface area contributed by atoms with Crippen LogP contribution < -0.4 is 20.0 Å². The summed E-state index contributed by atoms with van der Waals surface area (Å²) < 4.78 is 26.7. The molecule has 11 heteroatoms. The molecule has 2 amide bonds. The number of carbonyl (C=O) groups is 1. The monoisotopic (exact) mass is 497 g/mol. The zero-order chi connectivity index (χ0) is 23.9. The summed E-state index contributed by atoms with van der Waals surface area (Å²) in [5.41, 5.74) is 1.83. The molecule has 182 valence electrons. The van der Waals surface area contributed by atoms with Crippen LogP contribution in [0, 0.1) is 5.92 Å². The van der Waals surface area contributed by atoms with Crippen molar-refractivity contribution < 1.29 is 13.6 Å². The van der Waals surface area contributed by atoms with E-state index in [1.165, 1.54) is 11.3 Å². The topological polar surface area (TPSA) is 77.5 Å². The van der Waals surface area contributed by atoms with Crippen LogP contribution in [0.3, 0.4) is 0 Å². The lowest BCUT2D eigenvalue weighted by Crippen LogP contribution is -2.48. The van der Waals surface area contributed by atoms with E-state index in [1.54, 1.807) is 4.90 Å². The van der Waals surface area contributed by atoms with Crippen LogP contribution in [0.25, 0.3) is 10.6 Å². The van der Waals surface area contributed by atoms with Crippen molar-refractivity contribution in [1.82, 2.24) is 15.2 Å². The minimum atomic E-state index is -2.34. The molecule has 1 aromatic carbocycles. The van der Waals surface area contributed by atoms with Crippen LogP contribution >= 0.6 is 11.3 Å². The minimum absolute atomic E-state index is 0.0121. The van der Waals surface area contributed by atoms with Crippen molar-refractivity contribution in [2.75, 3.05) is 46.2 Å². The number of alkyl halides is 2. The van der Waals surface area contributed by atoms with E-state index in [1.807, 2.05) is 47.4 Å². The van der Waals surface area contributed by atoms with Gasteiger partial charge in [0.05, 0.1) is 11.7 Å². The molecule has 2 atom stereocenters. The average Bonchev–Trinajstić information content (AvgIpc) is 3.52.